The molecule has 0 aliphatic rings. The SMILES string of the molecule is B.CCCCCON.CCCC[N+](C)(C)C.[BH4-]. The van der Waals surface area contributed by atoms with Gasteiger partial charge < -0.3 is 9.32 Å². The lowest BCUT2D eigenvalue weighted by Crippen LogP contribution is -2.35. The zero-order valence-electron chi connectivity index (χ0n) is 11.4. The van der Waals surface area contributed by atoms with Crippen molar-refractivity contribution < 1.29 is 9.32 Å². The number of hydrogen-bond donors (Lipinski definition) is 1. The summed E-state index contributed by atoms with van der Waals surface area (Å²) in [6.45, 7) is 6.39. The van der Waals surface area contributed by atoms with Crippen LogP contribution in [-0.4, -0.2) is 55.6 Å². The number of quaternary nitrogens is 1. The van der Waals surface area contributed by atoms with Crippen LogP contribution in [-0.2, 0) is 4.84 Å². The van der Waals surface area contributed by atoms with Gasteiger partial charge in [0.1, 0.15) is 0 Å². The van der Waals surface area contributed by atoms with Gasteiger partial charge in [0.05, 0.1) is 42.7 Å². The van der Waals surface area contributed by atoms with E-state index in [2.05, 4.69) is 39.8 Å². The van der Waals surface area contributed by atoms with Crippen molar-refractivity contribution in [3.63, 3.8) is 0 Å². The number of unbranched alkanes of at least 4 members (excludes halogenated alkanes) is 3. The van der Waals surface area contributed by atoms with Gasteiger partial charge in [-0.3, -0.25) is 0 Å². The largest absolute Gasteiger partial charge is 0.331 e. The summed E-state index contributed by atoms with van der Waals surface area (Å²) in [7, 11) is 6.70. The first-order valence-electron chi connectivity index (χ1n) is 6.10. The molecule has 0 aliphatic carbocycles. The van der Waals surface area contributed by atoms with E-state index < -0.39 is 0 Å². The minimum atomic E-state index is 0. The third-order valence-corrected chi connectivity index (χ3v) is 2.05. The normalized spacial score (nSPS) is 9.53. The van der Waals surface area contributed by atoms with Crippen LogP contribution >= 0.6 is 0 Å². The van der Waals surface area contributed by atoms with Gasteiger partial charge in [0.25, 0.3) is 0 Å². The molecule has 0 radical (unpaired) electrons. The van der Waals surface area contributed by atoms with Gasteiger partial charge >= 0.3 is 0 Å². The number of nitrogens with zero attached hydrogens (tertiary/aromatic N) is 1. The molecule has 0 fully saturated rings. The first-order chi connectivity index (χ1) is 6.97. The molecular formula is C12H38B2N2O. The molecule has 3 nitrogen and oxygen atoms in total. The van der Waals surface area contributed by atoms with Gasteiger partial charge in [-0.15, -0.1) is 0 Å². The van der Waals surface area contributed by atoms with Gasteiger partial charge in [-0.2, -0.15) is 0 Å². The van der Waals surface area contributed by atoms with E-state index in [9.17, 15) is 0 Å². The highest BCUT2D eigenvalue weighted by molar-refractivity contribution is 5.76. The average molecular weight is 248 g/mol. The zero-order valence-corrected chi connectivity index (χ0v) is 11.4. The van der Waals surface area contributed by atoms with E-state index in [-0.39, 0.29) is 16.8 Å². The fraction of sp³-hybridized carbons (Fsp3) is 1.00. The van der Waals surface area contributed by atoms with Crippen LogP contribution in [0.2, 0.25) is 0 Å². The van der Waals surface area contributed by atoms with Crippen LogP contribution in [0.3, 0.4) is 0 Å². The van der Waals surface area contributed by atoms with Crippen LogP contribution in [0.4, 0.5) is 0 Å². The van der Waals surface area contributed by atoms with Crippen molar-refractivity contribution in [3.8, 4) is 0 Å². The van der Waals surface area contributed by atoms with E-state index in [0.717, 1.165) is 10.9 Å². The third kappa shape index (κ3) is 38.7. The summed E-state index contributed by atoms with van der Waals surface area (Å²) in [4.78, 5) is 4.34. The van der Waals surface area contributed by atoms with Crippen molar-refractivity contribution in [3.05, 3.63) is 0 Å². The Morgan fingerprint density at radius 3 is 1.65 bits per heavy atom. The maximum Gasteiger partial charge on any atom is 0.0814 e. The van der Waals surface area contributed by atoms with E-state index in [1.807, 2.05) is 0 Å². The highest BCUT2D eigenvalue weighted by Gasteiger charge is 2.02. The summed E-state index contributed by atoms with van der Waals surface area (Å²) in [5.74, 6) is 4.77. The monoisotopic (exact) mass is 248 g/mol. The summed E-state index contributed by atoms with van der Waals surface area (Å²) < 4.78 is 1.10. The molecule has 0 bridgehead atoms. The van der Waals surface area contributed by atoms with Crippen LogP contribution in [0.5, 0.6) is 0 Å². The lowest BCUT2D eigenvalue weighted by molar-refractivity contribution is -0.870. The summed E-state index contributed by atoms with van der Waals surface area (Å²) in [5.41, 5.74) is 0. The Labute approximate surface area is 113 Å². The fourth-order valence-electron chi connectivity index (χ4n) is 1.07. The summed E-state index contributed by atoms with van der Waals surface area (Å²) in [6, 6.07) is 0. The molecule has 0 atom stereocenters. The molecule has 2 N–H and O–H groups in total. The van der Waals surface area contributed by atoms with Crippen molar-refractivity contribution in [2.45, 2.75) is 46.0 Å². The molecule has 0 saturated carbocycles. The van der Waals surface area contributed by atoms with Crippen molar-refractivity contribution in [2.24, 2.45) is 5.90 Å². The molecule has 5 heteroatoms. The quantitative estimate of drug-likeness (QED) is 0.296. The maximum atomic E-state index is 4.77. The van der Waals surface area contributed by atoms with Crippen molar-refractivity contribution in [2.75, 3.05) is 34.3 Å². The highest BCUT2D eigenvalue weighted by Crippen LogP contribution is 1.95. The molecule has 0 aromatic carbocycles. The van der Waals surface area contributed by atoms with E-state index in [0.29, 0.717) is 6.61 Å². The van der Waals surface area contributed by atoms with Crippen LogP contribution in [0.15, 0.2) is 0 Å². The molecule has 0 saturated heterocycles. The first-order valence-corrected chi connectivity index (χ1v) is 6.10. The minimum absolute atomic E-state index is 0. The Morgan fingerprint density at radius 1 is 0.941 bits per heavy atom. The molecular weight excluding hydrogens is 210 g/mol. The van der Waals surface area contributed by atoms with Crippen LogP contribution in [0, 0.1) is 0 Å². The van der Waals surface area contributed by atoms with Crippen molar-refractivity contribution >= 4 is 16.8 Å². The molecule has 108 valence electrons. The first kappa shape index (κ1) is 25.8. The van der Waals surface area contributed by atoms with Gasteiger partial charge in [0.15, 0.2) is 0 Å². The Balaban J connectivity index is -0.0000000896. The van der Waals surface area contributed by atoms with E-state index >= 15 is 0 Å². The second-order valence-electron chi connectivity index (χ2n) is 4.95. The van der Waals surface area contributed by atoms with E-state index in [1.54, 1.807) is 0 Å². The molecule has 0 aliphatic heterocycles. The number of nitrogens with two attached hydrogens (primary N) is 1. The Morgan fingerprint density at radius 2 is 1.41 bits per heavy atom. The zero-order chi connectivity index (χ0) is 12.2. The Hall–Kier alpha value is 0.00987. The fourth-order valence-corrected chi connectivity index (χ4v) is 1.07. The second kappa shape index (κ2) is 18.4. The van der Waals surface area contributed by atoms with Gasteiger partial charge in [0, 0.05) is 0 Å². The van der Waals surface area contributed by atoms with Crippen LogP contribution in [0.25, 0.3) is 0 Å². The van der Waals surface area contributed by atoms with Gasteiger partial charge in [-0.25, -0.2) is 5.90 Å². The molecule has 0 spiro atoms. The second-order valence-corrected chi connectivity index (χ2v) is 4.95. The summed E-state index contributed by atoms with van der Waals surface area (Å²) in [6.07, 6.45) is 6.20. The predicted octanol–water partition coefficient (Wildman–Crippen LogP) is -0.0759. The summed E-state index contributed by atoms with van der Waals surface area (Å²) in [5, 5.41) is 0. The third-order valence-electron chi connectivity index (χ3n) is 2.05. The van der Waals surface area contributed by atoms with E-state index in [1.165, 1.54) is 32.2 Å². The van der Waals surface area contributed by atoms with Crippen molar-refractivity contribution in [1.82, 2.24) is 0 Å². The van der Waals surface area contributed by atoms with Crippen LogP contribution in [0.1, 0.15) is 46.0 Å². The number of rotatable bonds is 7. The van der Waals surface area contributed by atoms with E-state index in [4.69, 9.17) is 5.90 Å². The smallest absolute Gasteiger partial charge is 0.0814 e. The molecule has 0 rings (SSSR count). The van der Waals surface area contributed by atoms with Gasteiger partial charge in [-0.1, -0.05) is 41.5 Å². The number of hydrogen-bond acceptors (Lipinski definition) is 2. The van der Waals surface area contributed by atoms with Gasteiger partial charge in [0.2, 0.25) is 0 Å². The predicted molar refractivity (Wildman–Crippen MR) is 88.7 cm³/mol. The highest BCUT2D eigenvalue weighted by atomic mass is 16.6. The molecule has 0 unspecified atom stereocenters. The minimum Gasteiger partial charge on any atom is -0.331 e. The topological polar surface area (TPSA) is 35.2 Å². The molecule has 0 heterocycles. The lowest BCUT2D eigenvalue weighted by atomic mass is 10.3. The Bertz CT molecular complexity index is 116. The lowest BCUT2D eigenvalue weighted by Gasteiger charge is -2.23. The van der Waals surface area contributed by atoms with Crippen LogP contribution < -0.4 is 5.90 Å². The molecule has 0 aromatic heterocycles. The summed E-state index contributed by atoms with van der Waals surface area (Å²) >= 11 is 0. The molecule has 17 heavy (non-hydrogen) atoms. The molecule has 0 amide bonds. The average Bonchev–Trinajstić information content (AvgIpc) is 2.16. The maximum absolute atomic E-state index is 4.77. The Kier molecular flexibility index (Phi) is 27.8. The van der Waals surface area contributed by atoms with Crippen molar-refractivity contribution in [1.29, 1.82) is 0 Å². The standard InChI is InChI=1S/C7H18N.C5H13NO.BH4.BH3/c1-5-6-7-8(2,3)4;1-2-3-4-5-7-6;;/h5-7H2,1-4H3;2-6H2,1H3;1H4;1H3/q+1;;-1;. The van der Waals surface area contributed by atoms with Gasteiger partial charge in [-0.05, 0) is 12.8 Å². The molecule has 0 aromatic rings.